The molecule has 3 N–H and O–H groups in total. The van der Waals surface area contributed by atoms with Crippen molar-refractivity contribution in [3.63, 3.8) is 0 Å². The number of nitrogens with two attached hydrogens (primary N) is 1. The van der Waals surface area contributed by atoms with Gasteiger partial charge in [-0.2, -0.15) is 0 Å². The Bertz CT molecular complexity index is 395. The van der Waals surface area contributed by atoms with Crippen LogP contribution in [0.15, 0.2) is 18.3 Å². The highest BCUT2D eigenvalue weighted by atomic mass is 32.1. The third-order valence-corrected chi connectivity index (χ3v) is 2.31. The summed E-state index contributed by atoms with van der Waals surface area (Å²) in [6.45, 7) is 0. The highest BCUT2D eigenvalue weighted by molar-refractivity contribution is 8.11. The number of carboxylic acids is 1. The van der Waals surface area contributed by atoms with Gasteiger partial charge in [0.05, 0.1) is 9.89 Å². The molecule has 0 aliphatic heterocycles. The lowest BCUT2D eigenvalue weighted by atomic mass is 10.1. The molecule has 0 aliphatic rings. The number of aliphatic carboxylic acids is 1. The van der Waals surface area contributed by atoms with Crippen molar-refractivity contribution in [1.29, 1.82) is 0 Å². The Balaban J connectivity index is 2.94. The van der Waals surface area contributed by atoms with Gasteiger partial charge in [-0.15, -0.1) is 12.6 Å². The molecule has 1 heterocycles. The van der Waals surface area contributed by atoms with E-state index in [0.29, 0.717) is 15.5 Å². The normalized spacial score (nSPS) is 12.1. The topological polar surface area (TPSA) is 76.2 Å². The van der Waals surface area contributed by atoms with E-state index >= 15 is 0 Å². The van der Waals surface area contributed by atoms with Crippen molar-refractivity contribution in [2.24, 2.45) is 5.73 Å². The van der Waals surface area contributed by atoms with Crippen LogP contribution >= 0.6 is 24.8 Å². The monoisotopic (exact) mass is 242 g/mol. The largest absolute Gasteiger partial charge is 0.480 e. The van der Waals surface area contributed by atoms with Crippen LogP contribution in [0.25, 0.3) is 0 Å². The predicted octanol–water partition coefficient (Wildman–Crippen LogP) is 0.641. The SMILES string of the molecule is NC(Cc1ncccc1C(=S)S)C(=O)O. The number of thiocarbonyl (C=S) groups is 1. The number of carboxylic acid groups (broad SMARTS) is 1. The Labute approximate surface area is 97.9 Å². The molecule has 4 nitrogen and oxygen atoms in total. The number of aromatic nitrogens is 1. The maximum atomic E-state index is 10.6. The van der Waals surface area contributed by atoms with Gasteiger partial charge in [0, 0.05) is 18.2 Å². The third-order valence-electron chi connectivity index (χ3n) is 1.85. The molecule has 1 unspecified atom stereocenters. The van der Waals surface area contributed by atoms with Crippen molar-refractivity contribution in [3.05, 3.63) is 29.6 Å². The van der Waals surface area contributed by atoms with Crippen molar-refractivity contribution in [3.8, 4) is 0 Å². The number of nitrogens with zero attached hydrogens (tertiary/aromatic N) is 1. The molecule has 1 aromatic heterocycles. The van der Waals surface area contributed by atoms with Crippen LogP contribution in [0.5, 0.6) is 0 Å². The van der Waals surface area contributed by atoms with Crippen LogP contribution in [0.4, 0.5) is 0 Å². The summed E-state index contributed by atoms with van der Waals surface area (Å²) in [7, 11) is 0. The van der Waals surface area contributed by atoms with E-state index in [1.165, 1.54) is 0 Å². The average Bonchev–Trinajstić information content (AvgIpc) is 2.18. The van der Waals surface area contributed by atoms with Crippen LogP contribution in [0.1, 0.15) is 11.3 Å². The summed E-state index contributed by atoms with van der Waals surface area (Å²) in [4.78, 5) is 14.6. The van der Waals surface area contributed by atoms with Gasteiger partial charge >= 0.3 is 5.97 Å². The smallest absolute Gasteiger partial charge is 0.320 e. The highest BCUT2D eigenvalue weighted by Crippen LogP contribution is 2.11. The second-order valence-electron chi connectivity index (χ2n) is 2.95. The number of rotatable bonds is 4. The Morgan fingerprint density at radius 3 is 2.93 bits per heavy atom. The lowest BCUT2D eigenvalue weighted by molar-refractivity contribution is -0.138. The number of hydrogen-bond acceptors (Lipinski definition) is 4. The van der Waals surface area contributed by atoms with Crippen molar-refractivity contribution < 1.29 is 9.90 Å². The molecule has 80 valence electrons. The summed E-state index contributed by atoms with van der Waals surface area (Å²) in [6.07, 6.45) is 1.71. The molecule has 1 aromatic rings. The van der Waals surface area contributed by atoms with E-state index in [2.05, 4.69) is 17.6 Å². The molecule has 6 heteroatoms. The van der Waals surface area contributed by atoms with Crippen LogP contribution < -0.4 is 5.73 Å². The fourth-order valence-electron chi connectivity index (χ4n) is 1.09. The van der Waals surface area contributed by atoms with Gasteiger partial charge in [0.2, 0.25) is 0 Å². The molecular weight excluding hydrogens is 232 g/mol. The molecule has 0 amide bonds. The molecule has 1 atom stereocenters. The first kappa shape index (κ1) is 12.1. The minimum atomic E-state index is -1.06. The first-order valence-corrected chi connectivity index (χ1v) is 5.03. The fraction of sp³-hybridized carbons (Fsp3) is 0.222. The second-order valence-corrected chi connectivity index (χ2v) is 4.11. The Morgan fingerprint density at radius 2 is 2.40 bits per heavy atom. The minimum absolute atomic E-state index is 0.145. The van der Waals surface area contributed by atoms with Gasteiger partial charge in [-0.05, 0) is 12.1 Å². The van der Waals surface area contributed by atoms with E-state index in [4.69, 9.17) is 23.1 Å². The van der Waals surface area contributed by atoms with E-state index < -0.39 is 12.0 Å². The highest BCUT2D eigenvalue weighted by Gasteiger charge is 2.15. The lowest BCUT2D eigenvalue weighted by Crippen LogP contribution is -2.33. The fourth-order valence-corrected chi connectivity index (χ4v) is 1.48. The molecule has 0 fully saturated rings. The summed E-state index contributed by atoms with van der Waals surface area (Å²) in [5.74, 6) is -1.06. The summed E-state index contributed by atoms with van der Waals surface area (Å²) < 4.78 is 0.385. The summed E-state index contributed by atoms with van der Waals surface area (Å²) in [5, 5.41) is 8.67. The first-order valence-electron chi connectivity index (χ1n) is 4.18. The molecule has 0 spiro atoms. The molecule has 0 bridgehead atoms. The van der Waals surface area contributed by atoms with Gasteiger partial charge < -0.3 is 10.8 Å². The summed E-state index contributed by atoms with van der Waals surface area (Å²) in [5.41, 5.74) is 6.63. The lowest BCUT2D eigenvalue weighted by Gasteiger charge is -2.09. The molecule has 1 rings (SSSR count). The molecule has 0 aromatic carbocycles. The Morgan fingerprint density at radius 1 is 1.73 bits per heavy atom. The molecule has 0 aliphatic carbocycles. The van der Waals surface area contributed by atoms with Crippen molar-refractivity contribution >= 4 is 35.0 Å². The van der Waals surface area contributed by atoms with Gasteiger partial charge in [-0.1, -0.05) is 12.2 Å². The van der Waals surface area contributed by atoms with Gasteiger partial charge in [0.15, 0.2) is 0 Å². The van der Waals surface area contributed by atoms with Crippen molar-refractivity contribution in [2.75, 3.05) is 0 Å². The van der Waals surface area contributed by atoms with Crippen molar-refractivity contribution in [1.82, 2.24) is 4.98 Å². The van der Waals surface area contributed by atoms with Crippen LogP contribution in [-0.4, -0.2) is 26.3 Å². The predicted molar refractivity (Wildman–Crippen MR) is 64.2 cm³/mol. The third kappa shape index (κ3) is 3.26. The number of carbonyl (C=O) groups is 1. The zero-order chi connectivity index (χ0) is 11.4. The Kier molecular flexibility index (Phi) is 4.19. The molecular formula is C9H10N2O2S2. The Hall–Kier alpha value is -0.980. The molecule has 0 saturated heterocycles. The molecule has 0 radical (unpaired) electrons. The quantitative estimate of drug-likeness (QED) is 0.533. The number of pyridine rings is 1. The van der Waals surface area contributed by atoms with Gasteiger partial charge in [0.1, 0.15) is 6.04 Å². The van der Waals surface area contributed by atoms with E-state index in [0.717, 1.165) is 0 Å². The number of thiol groups is 1. The van der Waals surface area contributed by atoms with Crippen LogP contribution in [0.3, 0.4) is 0 Å². The number of hydrogen-bond donors (Lipinski definition) is 3. The van der Waals surface area contributed by atoms with E-state index in [-0.39, 0.29) is 6.42 Å². The maximum Gasteiger partial charge on any atom is 0.320 e. The zero-order valence-electron chi connectivity index (χ0n) is 7.75. The first-order chi connectivity index (χ1) is 7.02. The molecule has 0 saturated carbocycles. The second kappa shape index (κ2) is 5.20. The average molecular weight is 242 g/mol. The molecule has 15 heavy (non-hydrogen) atoms. The standard InChI is InChI=1S/C9H10N2O2S2/c10-6(8(12)13)4-7-5(9(14)15)2-1-3-11-7/h1-3,6H,4,10H2,(H,12,13)(H,14,15). The minimum Gasteiger partial charge on any atom is -0.480 e. The van der Waals surface area contributed by atoms with Crippen LogP contribution in [-0.2, 0) is 11.2 Å². The van der Waals surface area contributed by atoms with Crippen LogP contribution in [0, 0.1) is 0 Å². The van der Waals surface area contributed by atoms with Gasteiger partial charge in [-0.25, -0.2) is 0 Å². The van der Waals surface area contributed by atoms with Crippen LogP contribution in [0.2, 0.25) is 0 Å². The van der Waals surface area contributed by atoms with E-state index in [9.17, 15) is 4.79 Å². The summed E-state index contributed by atoms with van der Waals surface area (Å²) in [6, 6.07) is 2.49. The van der Waals surface area contributed by atoms with Gasteiger partial charge in [-0.3, -0.25) is 9.78 Å². The van der Waals surface area contributed by atoms with Crippen molar-refractivity contribution in [2.45, 2.75) is 12.5 Å². The maximum absolute atomic E-state index is 10.6. The zero-order valence-corrected chi connectivity index (χ0v) is 9.46. The summed E-state index contributed by atoms with van der Waals surface area (Å²) >= 11 is 8.94. The van der Waals surface area contributed by atoms with E-state index in [1.807, 2.05) is 0 Å². The van der Waals surface area contributed by atoms with Gasteiger partial charge in [0.25, 0.3) is 0 Å². The van der Waals surface area contributed by atoms with E-state index in [1.54, 1.807) is 18.3 Å².